The molecule has 0 fully saturated rings. The predicted molar refractivity (Wildman–Crippen MR) is 71.3 cm³/mol. The first-order valence-corrected chi connectivity index (χ1v) is 6.06. The first-order chi connectivity index (χ1) is 9.36. The fourth-order valence-electron chi connectivity index (χ4n) is 2.26. The molecule has 0 aromatic heterocycles. The van der Waals surface area contributed by atoms with E-state index >= 15 is 0 Å². The summed E-state index contributed by atoms with van der Waals surface area (Å²) in [6, 6.07) is 2.69. The lowest BCUT2D eigenvalue weighted by molar-refractivity contribution is -0.116. The van der Waals surface area contributed by atoms with Crippen LogP contribution in [0.15, 0.2) is 23.3 Å². The van der Waals surface area contributed by atoms with E-state index in [-0.39, 0.29) is 46.0 Å². The molecule has 2 rings (SSSR count). The quantitative estimate of drug-likeness (QED) is 0.912. The van der Waals surface area contributed by atoms with Crippen LogP contribution in [-0.2, 0) is 4.79 Å². The molecule has 0 amide bonds. The summed E-state index contributed by atoms with van der Waals surface area (Å²) in [4.78, 5) is 35.9. The number of carbonyl (C=O) groups excluding carboxylic acids is 3. The van der Waals surface area contributed by atoms with Gasteiger partial charge in [-0.3, -0.25) is 14.4 Å². The lowest BCUT2D eigenvalue weighted by atomic mass is 9.82. The zero-order valence-corrected chi connectivity index (χ0v) is 11.4. The van der Waals surface area contributed by atoms with Crippen LogP contribution in [0, 0.1) is 0 Å². The van der Waals surface area contributed by atoms with E-state index < -0.39 is 11.6 Å². The third-order valence-electron chi connectivity index (χ3n) is 3.29. The Morgan fingerprint density at radius 1 is 1.25 bits per heavy atom. The number of ketones is 3. The van der Waals surface area contributed by atoms with Crippen LogP contribution < -0.4 is 4.74 Å². The molecule has 0 saturated carbocycles. The van der Waals surface area contributed by atoms with Crippen molar-refractivity contribution in [2.75, 3.05) is 7.11 Å². The first kappa shape index (κ1) is 14.0. The Morgan fingerprint density at radius 3 is 2.45 bits per heavy atom. The average Bonchev–Trinajstić information content (AvgIpc) is 2.40. The topological polar surface area (TPSA) is 80.7 Å². The van der Waals surface area contributed by atoms with Crippen LogP contribution in [0.1, 0.15) is 41.0 Å². The van der Waals surface area contributed by atoms with Gasteiger partial charge in [0.25, 0.3) is 0 Å². The van der Waals surface area contributed by atoms with Crippen molar-refractivity contribution < 1.29 is 24.2 Å². The highest BCUT2D eigenvalue weighted by Crippen LogP contribution is 2.36. The van der Waals surface area contributed by atoms with Gasteiger partial charge < -0.3 is 9.84 Å². The number of phenolic OH excluding ortho intramolecular Hbond substituents is 1. The van der Waals surface area contributed by atoms with Crippen molar-refractivity contribution in [2.24, 2.45) is 0 Å². The molecule has 1 N–H and O–H groups in total. The van der Waals surface area contributed by atoms with Crippen molar-refractivity contribution >= 4 is 17.3 Å². The van der Waals surface area contributed by atoms with Crippen molar-refractivity contribution in [1.29, 1.82) is 0 Å². The summed E-state index contributed by atoms with van der Waals surface area (Å²) in [6.45, 7) is 2.85. The molecule has 5 nitrogen and oxygen atoms in total. The number of methoxy groups -OCH3 is 1. The number of hydrogen-bond acceptors (Lipinski definition) is 5. The summed E-state index contributed by atoms with van der Waals surface area (Å²) >= 11 is 0. The zero-order valence-electron chi connectivity index (χ0n) is 11.4. The summed E-state index contributed by atoms with van der Waals surface area (Å²) in [7, 11) is 1.40. The molecular formula is C15H14O5. The molecule has 1 aliphatic rings. The maximum absolute atomic E-state index is 12.4. The largest absolute Gasteiger partial charge is 0.507 e. The summed E-state index contributed by atoms with van der Waals surface area (Å²) in [5.41, 5.74) is 0.440. The van der Waals surface area contributed by atoms with E-state index in [4.69, 9.17) is 4.74 Å². The third-order valence-corrected chi connectivity index (χ3v) is 3.29. The van der Waals surface area contributed by atoms with Crippen LogP contribution in [0.3, 0.4) is 0 Å². The molecule has 1 aliphatic carbocycles. The van der Waals surface area contributed by atoms with Crippen LogP contribution in [0.4, 0.5) is 0 Å². The molecule has 0 bridgehead atoms. The lowest BCUT2D eigenvalue weighted by Crippen LogP contribution is -2.22. The smallest absolute Gasteiger partial charge is 0.193 e. The highest BCUT2D eigenvalue weighted by molar-refractivity contribution is 6.28. The van der Waals surface area contributed by atoms with Gasteiger partial charge in [0.1, 0.15) is 17.3 Å². The summed E-state index contributed by atoms with van der Waals surface area (Å²) in [6.07, 6.45) is -0.0895. The van der Waals surface area contributed by atoms with Crippen LogP contribution in [0.2, 0.25) is 0 Å². The number of aromatic hydroxyl groups is 1. The molecule has 0 atom stereocenters. The van der Waals surface area contributed by atoms with Crippen molar-refractivity contribution in [1.82, 2.24) is 0 Å². The normalized spacial score (nSPS) is 14.3. The fraction of sp³-hybridized carbons (Fsp3) is 0.267. The number of ether oxygens (including phenoxy) is 1. The minimum Gasteiger partial charge on any atom is -0.507 e. The number of rotatable bonds is 3. The second-order valence-corrected chi connectivity index (χ2v) is 4.71. The number of fused-ring (bicyclic) bond motifs is 1. The lowest BCUT2D eigenvalue weighted by Gasteiger charge is -2.20. The Morgan fingerprint density at radius 2 is 1.90 bits per heavy atom. The molecular weight excluding hydrogens is 260 g/mol. The molecule has 0 unspecified atom stereocenters. The molecule has 0 radical (unpaired) electrons. The highest BCUT2D eigenvalue weighted by Gasteiger charge is 2.33. The van der Waals surface area contributed by atoms with E-state index in [1.165, 1.54) is 33.1 Å². The Labute approximate surface area is 115 Å². The molecule has 1 aromatic carbocycles. The molecule has 20 heavy (non-hydrogen) atoms. The monoisotopic (exact) mass is 274 g/mol. The molecule has 1 aromatic rings. The second-order valence-electron chi connectivity index (χ2n) is 4.71. The average molecular weight is 274 g/mol. The maximum atomic E-state index is 12.4. The number of carbonyl (C=O) groups is 3. The molecule has 0 spiro atoms. The Bertz CT molecular complexity index is 667. The van der Waals surface area contributed by atoms with Crippen LogP contribution in [-0.4, -0.2) is 29.6 Å². The number of hydrogen-bond donors (Lipinski definition) is 1. The minimum atomic E-state index is -0.434. The van der Waals surface area contributed by atoms with Crippen molar-refractivity contribution in [3.63, 3.8) is 0 Å². The zero-order chi connectivity index (χ0) is 15.0. The second kappa shape index (κ2) is 4.92. The molecule has 0 aliphatic heterocycles. The molecule has 104 valence electrons. The van der Waals surface area contributed by atoms with Crippen LogP contribution in [0.5, 0.6) is 11.5 Å². The van der Waals surface area contributed by atoms with Crippen LogP contribution >= 0.6 is 0 Å². The van der Waals surface area contributed by atoms with Crippen molar-refractivity contribution in [3.8, 4) is 11.5 Å². The Balaban J connectivity index is 2.66. The van der Waals surface area contributed by atoms with Gasteiger partial charge in [-0.15, -0.1) is 0 Å². The van der Waals surface area contributed by atoms with Gasteiger partial charge in [0.15, 0.2) is 11.6 Å². The molecule has 0 saturated heterocycles. The van der Waals surface area contributed by atoms with Gasteiger partial charge in [-0.05, 0) is 19.9 Å². The van der Waals surface area contributed by atoms with E-state index in [0.29, 0.717) is 0 Å². The summed E-state index contributed by atoms with van der Waals surface area (Å²) in [5, 5.41) is 9.90. The molecule has 5 heteroatoms. The van der Waals surface area contributed by atoms with Gasteiger partial charge in [0, 0.05) is 29.2 Å². The van der Waals surface area contributed by atoms with Gasteiger partial charge in [-0.2, -0.15) is 0 Å². The van der Waals surface area contributed by atoms with Gasteiger partial charge >= 0.3 is 0 Å². The standard InChI is InChI=1S/C15H14O5/c1-7(16)4-10-8(2)14(18)13-11(15(10)19)5-9(20-3)6-12(13)17/h5-6,17H,4H2,1-3H3. The van der Waals surface area contributed by atoms with Gasteiger partial charge in [0.05, 0.1) is 12.7 Å². The minimum absolute atomic E-state index is 0.0272. The maximum Gasteiger partial charge on any atom is 0.193 e. The predicted octanol–water partition coefficient (Wildman–Crippen LogP) is 2.08. The van der Waals surface area contributed by atoms with Crippen molar-refractivity contribution in [3.05, 3.63) is 34.4 Å². The van der Waals surface area contributed by atoms with E-state index in [1.54, 1.807) is 0 Å². The number of allylic oxidation sites excluding steroid dienone is 2. The summed E-state index contributed by atoms with van der Waals surface area (Å²) < 4.78 is 4.98. The SMILES string of the molecule is COc1cc(O)c2c(c1)C(=O)C(CC(C)=O)=C(C)C2=O. The highest BCUT2D eigenvalue weighted by atomic mass is 16.5. The Kier molecular flexibility index (Phi) is 3.44. The number of Topliss-reactive ketones (excluding diaryl/α,β-unsaturated/α-hetero) is 3. The van der Waals surface area contributed by atoms with E-state index in [1.807, 2.05) is 0 Å². The number of phenols is 1. The first-order valence-electron chi connectivity index (χ1n) is 6.06. The summed E-state index contributed by atoms with van der Waals surface area (Å²) in [5.74, 6) is -1.06. The Hall–Kier alpha value is -2.43. The van der Waals surface area contributed by atoms with E-state index in [2.05, 4.69) is 0 Å². The molecule has 0 heterocycles. The third kappa shape index (κ3) is 2.11. The van der Waals surface area contributed by atoms with Crippen LogP contribution in [0.25, 0.3) is 0 Å². The van der Waals surface area contributed by atoms with E-state index in [9.17, 15) is 19.5 Å². The van der Waals surface area contributed by atoms with Gasteiger partial charge in [0.2, 0.25) is 0 Å². The number of benzene rings is 1. The van der Waals surface area contributed by atoms with Crippen molar-refractivity contribution in [2.45, 2.75) is 20.3 Å². The van der Waals surface area contributed by atoms with Gasteiger partial charge in [-0.25, -0.2) is 0 Å². The van der Waals surface area contributed by atoms with Gasteiger partial charge in [-0.1, -0.05) is 0 Å². The van der Waals surface area contributed by atoms with E-state index in [0.717, 1.165) is 0 Å². The fourth-order valence-corrected chi connectivity index (χ4v) is 2.26.